The highest BCUT2D eigenvalue weighted by Crippen LogP contribution is 2.40. The van der Waals surface area contributed by atoms with Crippen molar-refractivity contribution in [2.24, 2.45) is 0 Å². The van der Waals surface area contributed by atoms with Gasteiger partial charge in [0.2, 0.25) is 0 Å². The average Bonchev–Trinajstić information content (AvgIpc) is 2.61. The molecule has 9 nitrogen and oxygen atoms in total. The van der Waals surface area contributed by atoms with E-state index in [-0.39, 0.29) is 0 Å². The maximum atomic E-state index is 10.9. The van der Waals surface area contributed by atoms with Crippen molar-refractivity contribution >= 4 is 12.1 Å². The first-order valence-corrected chi connectivity index (χ1v) is 4.30. The van der Waals surface area contributed by atoms with Gasteiger partial charge in [0.15, 0.2) is 6.10 Å². The average molecular weight is 235 g/mol. The molecule has 2 aliphatic rings. The number of carboxylic acid groups (broad SMARTS) is 1. The molecule has 0 aromatic rings. The highest BCUT2D eigenvalue weighted by molar-refractivity contribution is 5.87. The zero-order valence-corrected chi connectivity index (χ0v) is 7.78. The lowest BCUT2D eigenvalue weighted by Crippen LogP contribution is -2.67. The number of carboxylic acids is 1. The van der Waals surface area contributed by atoms with Gasteiger partial charge in [0.1, 0.15) is 6.10 Å². The quantitative estimate of drug-likeness (QED) is 0.322. The summed E-state index contributed by atoms with van der Waals surface area (Å²) in [7, 11) is 0. The fourth-order valence-electron chi connectivity index (χ4n) is 1.72. The fourth-order valence-corrected chi connectivity index (χ4v) is 1.72. The van der Waals surface area contributed by atoms with Gasteiger partial charge in [0.05, 0.1) is 6.61 Å². The smallest absolute Gasteiger partial charge is 0.412 e. The Morgan fingerprint density at radius 2 is 2.12 bits per heavy atom. The van der Waals surface area contributed by atoms with Crippen LogP contribution in [0, 0.1) is 0 Å². The highest BCUT2D eigenvalue weighted by atomic mass is 16.8. The molecule has 0 saturated carbocycles. The number of aliphatic hydroxyl groups excluding tert-OH is 2. The number of alkyl carbamates (subject to hydrolysis) is 1. The lowest BCUT2D eigenvalue weighted by atomic mass is 9.96. The van der Waals surface area contributed by atoms with Crippen molar-refractivity contribution in [2.45, 2.75) is 23.7 Å². The molecule has 0 unspecified atom stereocenters. The maximum absolute atomic E-state index is 10.9. The van der Waals surface area contributed by atoms with Crippen molar-refractivity contribution in [1.29, 1.82) is 0 Å². The van der Waals surface area contributed by atoms with Crippen LogP contribution in [-0.2, 0) is 14.3 Å². The van der Waals surface area contributed by atoms with Gasteiger partial charge in [-0.1, -0.05) is 0 Å². The third-order valence-electron chi connectivity index (χ3n) is 2.56. The van der Waals surface area contributed by atoms with E-state index in [1.807, 2.05) is 0 Å². The van der Waals surface area contributed by atoms with Gasteiger partial charge in [-0.3, -0.25) is 5.32 Å². The first-order valence-electron chi connectivity index (χ1n) is 4.30. The molecule has 0 aromatic carbocycles. The van der Waals surface area contributed by atoms with Crippen LogP contribution in [0.1, 0.15) is 0 Å². The number of nitrogens with one attached hydrogen (secondary N) is 1. The fraction of sp³-hybridized carbons (Fsp3) is 0.714. The predicted molar refractivity (Wildman–Crippen MR) is 42.9 cm³/mol. The van der Waals surface area contributed by atoms with E-state index in [0.29, 0.717) is 0 Å². The lowest BCUT2D eigenvalue weighted by molar-refractivity contribution is -0.279. The van der Waals surface area contributed by atoms with Crippen molar-refractivity contribution in [3.8, 4) is 0 Å². The van der Waals surface area contributed by atoms with Crippen molar-refractivity contribution in [2.75, 3.05) is 6.61 Å². The monoisotopic (exact) mass is 235 g/mol. The van der Waals surface area contributed by atoms with Gasteiger partial charge < -0.3 is 29.9 Å². The van der Waals surface area contributed by atoms with Gasteiger partial charge >= 0.3 is 23.6 Å². The van der Waals surface area contributed by atoms with Crippen LogP contribution in [0.4, 0.5) is 4.79 Å². The number of aliphatic hydroxyl groups is 3. The minimum atomic E-state index is -2.94. The van der Waals surface area contributed by atoms with Crippen molar-refractivity contribution in [3.05, 3.63) is 0 Å². The molecule has 2 saturated heterocycles. The predicted octanol–water partition coefficient (Wildman–Crippen LogP) is -3.05. The Morgan fingerprint density at radius 3 is 2.56 bits per heavy atom. The number of carbonyl (C=O) groups excluding carboxylic acids is 1. The van der Waals surface area contributed by atoms with Crippen molar-refractivity contribution in [3.63, 3.8) is 0 Å². The van der Waals surface area contributed by atoms with E-state index < -0.39 is 42.4 Å². The molecule has 2 rings (SSSR count). The van der Waals surface area contributed by atoms with Crippen LogP contribution in [0.15, 0.2) is 0 Å². The van der Waals surface area contributed by atoms with Gasteiger partial charge in [-0.05, 0) is 0 Å². The van der Waals surface area contributed by atoms with Crippen LogP contribution in [-0.4, -0.2) is 62.8 Å². The van der Waals surface area contributed by atoms with Gasteiger partial charge in [-0.15, -0.1) is 0 Å². The Kier molecular flexibility index (Phi) is 2.11. The van der Waals surface area contributed by atoms with E-state index in [1.54, 1.807) is 5.32 Å². The summed E-state index contributed by atoms with van der Waals surface area (Å²) in [5.74, 6) is -4.40. The zero-order valence-electron chi connectivity index (χ0n) is 7.78. The second-order valence-corrected chi connectivity index (χ2v) is 3.52. The number of ether oxygens (including phenoxy) is 2. The summed E-state index contributed by atoms with van der Waals surface area (Å²) in [5.41, 5.74) is -2.94. The van der Waals surface area contributed by atoms with Crippen LogP contribution >= 0.6 is 0 Å². The molecule has 0 aromatic heterocycles. The van der Waals surface area contributed by atoms with Gasteiger partial charge in [-0.25, -0.2) is 9.59 Å². The SMILES string of the molecule is O=C1N[C@@](O)(C(=O)O)[C@]2(OC[C@H](O)[C@H]2O)O1. The summed E-state index contributed by atoms with van der Waals surface area (Å²) in [6, 6.07) is 0. The Labute approximate surface area is 88.2 Å². The molecule has 4 atom stereocenters. The number of carbonyl (C=O) groups is 2. The van der Waals surface area contributed by atoms with E-state index in [9.17, 15) is 24.9 Å². The van der Waals surface area contributed by atoms with Crippen LogP contribution in [0.5, 0.6) is 0 Å². The van der Waals surface area contributed by atoms with Crippen LogP contribution < -0.4 is 5.32 Å². The number of rotatable bonds is 1. The number of amides is 1. The molecule has 0 aliphatic carbocycles. The highest BCUT2D eigenvalue weighted by Gasteiger charge is 2.74. The summed E-state index contributed by atoms with van der Waals surface area (Å²) in [6.45, 7) is -0.467. The van der Waals surface area contributed by atoms with Gasteiger partial charge in [0, 0.05) is 0 Å². The summed E-state index contributed by atoms with van der Waals surface area (Å²) in [5, 5.41) is 38.9. The molecular weight excluding hydrogens is 226 g/mol. The summed E-state index contributed by atoms with van der Waals surface area (Å²) in [4.78, 5) is 21.8. The molecule has 5 N–H and O–H groups in total. The third-order valence-corrected chi connectivity index (χ3v) is 2.56. The Hall–Kier alpha value is -1.42. The minimum Gasteiger partial charge on any atom is -0.477 e. The van der Waals surface area contributed by atoms with Crippen molar-refractivity contribution < 1.29 is 39.5 Å². The Morgan fingerprint density at radius 1 is 1.50 bits per heavy atom. The van der Waals surface area contributed by atoms with Crippen LogP contribution in [0.2, 0.25) is 0 Å². The summed E-state index contributed by atoms with van der Waals surface area (Å²) < 4.78 is 9.19. The summed E-state index contributed by atoms with van der Waals surface area (Å²) >= 11 is 0. The molecule has 90 valence electrons. The molecule has 2 fully saturated rings. The Balaban J connectivity index is 2.46. The first-order chi connectivity index (χ1) is 7.33. The molecule has 2 aliphatic heterocycles. The molecular formula is C7H9NO8. The first kappa shape index (κ1) is 11.1. The number of aliphatic carboxylic acids is 1. The maximum Gasteiger partial charge on any atom is 0.412 e. The normalized spacial score (nSPS) is 46.8. The lowest BCUT2D eigenvalue weighted by Gasteiger charge is -2.33. The molecule has 9 heteroatoms. The van der Waals surface area contributed by atoms with Gasteiger partial charge in [0.25, 0.3) is 0 Å². The second kappa shape index (κ2) is 3.04. The molecule has 1 amide bonds. The standard InChI is InChI=1S/C7H9NO8/c9-2-1-15-7(3(2)10)6(14,4(11)12)8-5(13)16-7/h2-3,9-10,14H,1H2,(H,8,13)(H,11,12)/t2-,3+,6+,7+/m0/s1. The van der Waals surface area contributed by atoms with Crippen LogP contribution in [0.3, 0.4) is 0 Å². The molecule has 0 radical (unpaired) electrons. The van der Waals surface area contributed by atoms with E-state index >= 15 is 0 Å². The topological polar surface area (TPSA) is 146 Å². The van der Waals surface area contributed by atoms with Gasteiger partial charge in [-0.2, -0.15) is 0 Å². The second-order valence-electron chi connectivity index (χ2n) is 3.52. The third kappa shape index (κ3) is 1.08. The Bertz CT molecular complexity index is 358. The molecule has 2 heterocycles. The zero-order chi connectivity index (χ0) is 12.1. The number of hydrogen-bond acceptors (Lipinski definition) is 7. The van der Waals surface area contributed by atoms with Crippen molar-refractivity contribution in [1.82, 2.24) is 5.32 Å². The van der Waals surface area contributed by atoms with Crippen LogP contribution in [0.25, 0.3) is 0 Å². The minimum absolute atomic E-state index is 0.467. The summed E-state index contributed by atoms with van der Waals surface area (Å²) in [6.07, 6.45) is -4.59. The van der Waals surface area contributed by atoms with E-state index in [2.05, 4.69) is 4.74 Å². The molecule has 1 spiro atoms. The molecule has 16 heavy (non-hydrogen) atoms. The van der Waals surface area contributed by atoms with E-state index in [4.69, 9.17) is 9.84 Å². The van der Waals surface area contributed by atoms with E-state index in [1.165, 1.54) is 0 Å². The molecule has 0 bridgehead atoms. The number of hydrogen-bond donors (Lipinski definition) is 5. The van der Waals surface area contributed by atoms with E-state index in [0.717, 1.165) is 0 Å². The largest absolute Gasteiger partial charge is 0.477 e.